The lowest BCUT2D eigenvalue weighted by Gasteiger charge is -2.08. The highest BCUT2D eigenvalue weighted by atomic mass is 79.9. The summed E-state index contributed by atoms with van der Waals surface area (Å²) in [5.41, 5.74) is 2.06. The molecule has 13 heavy (non-hydrogen) atoms. The Kier molecular flexibility index (Phi) is 3.82. The van der Waals surface area contributed by atoms with Crippen molar-refractivity contribution in [3.63, 3.8) is 0 Å². The zero-order valence-corrected chi connectivity index (χ0v) is 9.74. The van der Waals surface area contributed by atoms with E-state index in [0.717, 1.165) is 27.3 Å². The van der Waals surface area contributed by atoms with E-state index in [9.17, 15) is 0 Å². The molecule has 1 rings (SSSR count). The van der Waals surface area contributed by atoms with Gasteiger partial charge in [0.1, 0.15) is 0 Å². The highest BCUT2D eigenvalue weighted by molar-refractivity contribution is 9.10. The lowest BCUT2D eigenvalue weighted by Crippen LogP contribution is -1.98. The molecule has 0 heterocycles. The number of anilines is 1. The average molecular weight is 261 g/mol. The summed E-state index contributed by atoms with van der Waals surface area (Å²) < 4.78 is 1.02. The predicted molar refractivity (Wildman–Crippen MR) is 62.6 cm³/mol. The highest BCUT2D eigenvalue weighted by Gasteiger charge is 2.02. The first kappa shape index (κ1) is 10.6. The maximum Gasteiger partial charge on any atom is 0.0502 e. The van der Waals surface area contributed by atoms with Crippen LogP contribution in [0.25, 0.3) is 0 Å². The summed E-state index contributed by atoms with van der Waals surface area (Å²) in [5.74, 6) is 0. The Morgan fingerprint density at radius 2 is 2.31 bits per heavy atom. The Morgan fingerprint density at radius 1 is 1.62 bits per heavy atom. The van der Waals surface area contributed by atoms with Gasteiger partial charge in [-0.3, -0.25) is 0 Å². The Balaban J connectivity index is 2.94. The van der Waals surface area contributed by atoms with Gasteiger partial charge in [0.25, 0.3) is 0 Å². The van der Waals surface area contributed by atoms with Gasteiger partial charge in [0.05, 0.1) is 5.69 Å². The Morgan fingerprint density at radius 3 is 2.92 bits per heavy atom. The predicted octanol–water partition coefficient (Wildman–Crippen LogP) is 4.01. The van der Waals surface area contributed by atoms with E-state index in [4.69, 9.17) is 11.6 Å². The normalized spacial score (nSPS) is 9.77. The van der Waals surface area contributed by atoms with Crippen molar-refractivity contribution in [3.05, 3.63) is 39.8 Å². The number of nitrogens with one attached hydrogen (secondary N) is 1. The van der Waals surface area contributed by atoms with Gasteiger partial charge < -0.3 is 5.32 Å². The standard InChI is InChI=1S/C10H11BrClN/c1-3-4-13-10-6-9(12)7(2)5-8(10)11/h3,5-6,13H,1,4H2,2H3. The SMILES string of the molecule is C=CCNc1cc(Cl)c(C)cc1Br. The molecule has 0 bridgehead atoms. The first-order valence-electron chi connectivity index (χ1n) is 3.95. The van der Waals surface area contributed by atoms with Crippen LogP contribution in [0.15, 0.2) is 29.3 Å². The van der Waals surface area contributed by atoms with Gasteiger partial charge in [0.2, 0.25) is 0 Å². The monoisotopic (exact) mass is 259 g/mol. The van der Waals surface area contributed by atoms with Crippen LogP contribution in [0.3, 0.4) is 0 Å². The lowest BCUT2D eigenvalue weighted by molar-refractivity contribution is 1.32. The molecule has 0 saturated heterocycles. The van der Waals surface area contributed by atoms with Crippen LogP contribution in [0.1, 0.15) is 5.56 Å². The third-order valence-corrected chi connectivity index (χ3v) is 2.75. The number of halogens is 2. The Bertz CT molecular complexity index is 323. The second-order valence-electron chi connectivity index (χ2n) is 2.75. The maximum atomic E-state index is 5.98. The molecule has 0 atom stereocenters. The number of aryl methyl sites for hydroxylation is 1. The van der Waals surface area contributed by atoms with Gasteiger partial charge in [0, 0.05) is 16.0 Å². The van der Waals surface area contributed by atoms with E-state index in [2.05, 4.69) is 27.8 Å². The maximum absolute atomic E-state index is 5.98. The van der Waals surface area contributed by atoms with Crippen molar-refractivity contribution in [2.24, 2.45) is 0 Å². The topological polar surface area (TPSA) is 12.0 Å². The van der Waals surface area contributed by atoms with Gasteiger partial charge in [-0.15, -0.1) is 6.58 Å². The Hall–Kier alpha value is -0.470. The van der Waals surface area contributed by atoms with Crippen LogP contribution in [0.5, 0.6) is 0 Å². The molecule has 1 aromatic carbocycles. The van der Waals surface area contributed by atoms with Crippen LogP contribution in [-0.4, -0.2) is 6.54 Å². The Labute approximate surface area is 91.9 Å². The molecule has 0 amide bonds. The summed E-state index contributed by atoms with van der Waals surface area (Å²) in [7, 11) is 0. The van der Waals surface area contributed by atoms with Gasteiger partial charge in [-0.1, -0.05) is 17.7 Å². The van der Waals surface area contributed by atoms with E-state index < -0.39 is 0 Å². The minimum absolute atomic E-state index is 0.734. The molecule has 0 spiro atoms. The van der Waals surface area contributed by atoms with Crippen molar-refractivity contribution in [2.45, 2.75) is 6.92 Å². The first-order valence-corrected chi connectivity index (χ1v) is 5.12. The van der Waals surface area contributed by atoms with Crippen LogP contribution in [0.4, 0.5) is 5.69 Å². The zero-order chi connectivity index (χ0) is 9.84. The lowest BCUT2D eigenvalue weighted by atomic mass is 10.2. The molecule has 1 nitrogen and oxygen atoms in total. The van der Waals surface area contributed by atoms with E-state index >= 15 is 0 Å². The number of hydrogen-bond donors (Lipinski definition) is 1. The molecule has 70 valence electrons. The second kappa shape index (κ2) is 4.68. The number of rotatable bonds is 3. The molecule has 0 aliphatic heterocycles. The van der Waals surface area contributed by atoms with Crippen molar-refractivity contribution in [3.8, 4) is 0 Å². The molecule has 3 heteroatoms. The molecular formula is C10H11BrClN. The summed E-state index contributed by atoms with van der Waals surface area (Å²) in [6, 6.07) is 3.90. The molecule has 0 unspecified atom stereocenters. The minimum Gasteiger partial charge on any atom is -0.381 e. The van der Waals surface area contributed by atoms with Crippen LogP contribution in [-0.2, 0) is 0 Å². The van der Waals surface area contributed by atoms with Crippen molar-refractivity contribution in [1.29, 1.82) is 0 Å². The van der Waals surface area contributed by atoms with Crippen molar-refractivity contribution in [1.82, 2.24) is 0 Å². The highest BCUT2D eigenvalue weighted by Crippen LogP contribution is 2.28. The van der Waals surface area contributed by atoms with Crippen LogP contribution >= 0.6 is 27.5 Å². The average Bonchev–Trinajstić information content (AvgIpc) is 2.09. The second-order valence-corrected chi connectivity index (χ2v) is 4.01. The molecule has 1 N–H and O–H groups in total. The molecule has 0 aliphatic rings. The van der Waals surface area contributed by atoms with Crippen LogP contribution < -0.4 is 5.32 Å². The third kappa shape index (κ3) is 2.75. The van der Waals surface area contributed by atoms with Gasteiger partial charge in [0.15, 0.2) is 0 Å². The first-order chi connectivity index (χ1) is 6.15. The minimum atomic E-state index is 0.734. The summed E-state index contributed by atoms with van der Waals surface area (Å²) >= 11 is 9.43. The van der Waals surface area contributed by atoms with Gasteiger partial charge in [-0.05, 0) is 40.5 Å². The van der Waals surface area contributed by atoms with Crippen molar-refractivity contribution >= 4 is 33.2 Å². The zero-order valence-electron chi connectivity index (χ0n) is 7.40. The summed E-state index contributed by atoms with van der Waals surface area (Å²) in [5, 5.41) is 3.95. The number of benzene rings is 1. The molecule has 0 aromatic heterocycles. The summed E-state index contributed by atoms with van der Waals surface area (Å²) in [6.07, 6.45) is 1.81. The summed E-state index contributed by atoms with van der Waals surface area (Å²) in [4.78, 5) is 0. The number of hydrogen-bond acceptors (Lipinski definition) is 1. The largest absolute Gasteiger partial charge is 0.381 e. The quantitative estimate of drug-likeness (QED) is 0.810. The van der Waals surface area contributed by atoms with Crippen molar-refractivity contribution < 1.29 is 0 Å². The van der Waals surface area contributed by atoms with Crippen LogP contribution in [0, 0.1) is 6.92 Å². The molecule has 0 saturated carbocycles. The van der Waals surface area contributed by atoms with Gasteiger partial charge in [-0.25, -0.2) is 0 Å². The van der Waals surface area contributed by atoms with E-state index in [1.54, 1.807) is 6.08 Å². The molecule has 0 radical (unpaired) electrons. The fourth-order valence-corrected chi connectivity index (χ4v) is 1.73. The van der Waals surface area contributed by atoms with E-state index in [-0.39, 0.29) is 0 Å². The smallest absolute Gasteiger partial charge is 0.0502 e. The van der Waals surface area contributed by atoms with E-state index in [1.165, 1.54) is 0 Å². The molecular weight excluding hydrogens is 249 g/mol. The van der Waals surface area contributed by atoms with Gasteiger partial charge >= 0.3 is 0 Å². The fraction of sp³-hybridized carbons (Fsp3) is 0.200. The molecule has 0 fully saturated rings. The molecule has 0 aliphatic carbocycles. The fourth-order valence-electron chi connectivity index (χ4n) is 0.964. The third-order valence-electron chi connectivity index (χ3n) is 1.69. The summed E-state index contributed by atoms with van der Waals surface area (Å²) in [6.45, 7) is 6.35. The van der Waals surface area contributed by atoms with Crippen LogP contribution in [0.2, 0.25) is 5.02 Å². The van der Waals surface area contributed by atoms with E-state index in [1.807, 2.05) is 19.1 Å². The van der Waals surface area contributed by atoms with Gasteiger partial charge in [-0.2, -0.15) is 0 Å². The molecule has 1 aromatic rings. The van der Waals surface area contributed by atoms with Crippen molar-refractivity contribution in [2.75, 3.05) is 11.9 Å². The van der Waals surface area contributed by atoms with E-state index in [0.29, 0.717) is 0 Å².